The fraction of sp³-hybridized carbons (Fsp3) is 0.333. The number of allylic oxidation sites excluding steroid dienone is 3. The van der Waals surface area contributed by atoms with Crippen LogP contribution in [-0.2, 0) is 19.5 Å². The minimum absolute atomic E-state index is 0.493. The van der Waals surface area contributed by atoms with E-state index < -0.39 is 0 Å². The third-order valence-electron chi connectivity index (χ3n) is 5.19. The van der Waals surface area contributed by atoms with Gasteiger partial charge in [0.05, 0.1) is 12.2 Å². The van der Waals surface area contributed by atoms with Crippen LogP contribution in [0, 0.1) is 6.92 Å². The highest BCUT2D eigenvalue weighted by molar-refractivity contribution is 6.50. The molecule has 0 saturated carbocycles. The summed E-state index contributed by atoms with van der Waals surface area (Å²) in [6.07, 6.45) is 10.3. The second kappa shape index (κ2) is 12.5. The Morgan fingerprint density at radius 1 is 1.12 bits per heavy atom. The molecule has 0 amide bonds. The second-order valence-electron chi connectivity index (χ2n) is 8.17. The van der Waals surface area contributed by atoms with Crippen molar-refractivity contribution in [3.8, 4) is 0 Å². The number of nitrogens with zero attached hydrogens (tertiary/aromatic N) is 6. The van der Waals surface area contributed by atoms with Crippen LogP contribution in [0.5, 0.6) is 0 Å². The van der Waals surface area contributed by atoms with E-state index in [1.165, 1.54) is 5.57 Å². The smallest absolute Gasteiger partial charge is 0.175 e. The summed E-state index contributed by atoms with van der Waals surface area (Å²) in [5.74, 6) is 0.618. The van der Waals surface area contributed by atoms with E-state index in [9.17, 15) is 0 Å². The Balaban J connectivity index is 1.62. The number of rotatable bonds is 9. The molecule has 7 nitrogen and oxygen atoms in total. The van der Waals surface area contributed by atoms with Crippen LogP contribution in [0.4, 0.5) is 0 Å². The Morgan fingerprint density at radius 2 is 1.97 bits per heavy atom. The minimum atomic E-state index is 0.493. The van der Waals surface area contributed by atoms with Gasteiger partial charge in [0.1, 0.15) is 5.71 Å². The molecule has 3 rings (SSSR count). The quantitative estimate of drug-likeness (QED) is 0.566. The van der Waals surface area contributed by atoms with E-state index in [-0.39, 0.29) is 0 Å². The normalized spacial score (nSPS) is 16.8. The molecule has 34 heavy (non-hydrogen) atoms. The number of hydrogen-bond acceptors (Lipinski definition) is 6. The van der Waals surface area contributed by atoms with Crippen LogP contribution in [0.15, 0.2) is 80.1 Å². The van der Waals surface area contributed by atoms with E-state index >= 15 is 0 Å². The second-order valence-corrected chi connectivity index (χ2v) is 8.17. The molecule has 0 bridgehead atoms. The van der Waals surface area contributed by atoms with Crippen molar-refractivity contribution in [1.82, 2.24) is 15.3 Å². The van der Waals surface area contributed by atoms with Crippen LogP contribution in [-0.4, -0.2) is 47.0 Å². The zero-order chi connectivity index (χ0) is 24.3. The molecule has 0 fully saturated rings. The van der Waals surface area contributed by atoms with Gasteiger partial charge in [0.25, 0.3) is 0 Å². The van der Waals surface area contributed by atoms with Crippen LogP contribution in [0.2, 0.25) is 0 Å². The molecular weight excluding hydrogens is 422 g/mol. The van der Waals surface area contributed by atoms with Crippen molar-refractivity contribution in [3.05, 3.63) is 82.6 Å². The predicted molar refractivity (Wildman–Crippen MR) is 142 cm³/mol. The maximum atomic E-state index is 4.71. The van der Waals surface area contributed by atoms with Crippen LogP contribution in [0.25, 0.3) is 0 Å². The van der Waals surface area contributed by atoms with Gasteiger partial charge < -0.3 is 5.32 Å². The number of hydrogen-bond donors (Lipinski definition) is 1. The summed E-state index contributed by atoms with van der Waals surface area (Å²) in [6, 6.07) is 8.20. The topological polar surface area (TPSA) is 87.2 Å². The van der Waals surface area contributed by atoms with E-state index in [4.69, 9.17) is 4.99 Å². The van der Waals surface area contributed by atoms with Crippen molar-refractivity contribution in [1.29, 1.82) is 0 Å². The summed E-state index contributed by atoms with van der Waals surface area (Å²) in [5.41, 5.74) is 8.17. The van der Waals surface area contributed by atoms with Crippen molar-refractivity contribution in [2.75, 3.05) is 13.6 Å². The first-order valence-electron chi connectivity index (χ1n) is 11.5. The lowest BCUT2D eigenvalue weighted by Crippen LogP contribution is -2.28. The standard InChI is InChI=1S/C27H33N7/c1-6-29-20(3)13-19(2)14-24-8-7-23(17-32-24)18-34-27-26(28-5)25(10-12-31-27)33-16-22-9-11-30-21(4)15-22/h7-13,15,17,33H,6,14,16,18H2,1-5H3/b19-13+,28-26?,29-20?,34-27?. The summed E-state index contributed by atoms with van der Waals surface area (Å²) in [4.78, 5) is 26.9. The highest BCUT2D eigenvalue weighted by Crippen LogP contribution is 2.11. The molecule has 0 saturated heterocycles. The zero-order valence-electron chi connectivity index (χ0n) is 20.7. The number of dihydropyridines is 1. The lowest BCUT2D eigenvalue weighted by atomic mass is 10.1. The van der Waals surface area contributed by atoms with Crippen LogP contribution >= 0.6 is 0 Å². The third kappa shape index (κ3) is 7.40. The molecule has 0 spiro atoms. The Morgan fingerprint density at radius 3 is 2.68 bits per heavy atom. The molecule has 1 aliphatic rings. The molecule has 2 aromatic rings. The van der Waals surface area contributed by atoms with Crippen molar-refractivity contribution >= 4 is 23.5 Å². The molecule has 7 heteroatoms. The molecule has 0 radical (unpaired) electrons. The fourth-order valence-electron chi connectivity index (χ4n) is 3.64. The molecule has 0 unspecified atom stereocenters. The highest BCUT2D eigenvalue weighted by atomic mass is 15.0. The number of nitrogens with one attached hydrogen (secondary N) is 1. The first-order valence-corrected chi connectivity index (χ1v) is 11.5. The van der Waals surface area contributed by atoms with E-state index in [1.807, 2.05) is 45.3 Å². The summed E-state index contributed by atoms with van der Waals surface area (Å²) in [5, 5.41) is 3.45. The average Bonchev–Trinajstić information content (AvgIpc) is 2.82. The number of aryl methyl sites for hydroxylation is 1. The van der Waals surface area contributed by atoms with Crippen LogP contribution < -0.4 is 5.32 Å². The molecule has 1 N–H and O–H groups in total. The lowest BCUT2D eigenvalue weighted by molar-refractivity contribution is 0.840. The van der Waals surface area contributed by atoms with Gasteiger partial charge >= 0.3 is 0 Å². The zero-order valence-corrected chi connectivity index (χ0v) is 20.7. The molecule has 0 atom stereocenters. The van der Waals surface area contributed by atoms with Crippen LogP contribution in [0.1, 0.15) is 43.3 Å². The summed E-state index contributed by atoms with van der Waals surface area (Å²) in [7, 11) is 1.76. The number of pyridine rings is 2. The van der Waals surface area contributed by atoms with Gasteiger partial charge in [-0.1, -0.05) is 11.6 Å². The van der Waals surface area contributed by atoms with Gasteiger partial charge in [-0.25, -0.2) is 4.99 Å². The maximum absolute atomic E-state index is 4.71. The van der Waals surface area contributed by atoms with Crippen molar-refractivity contribution in [2.45, 2.75) is 47.2 Å². The van der Waals surface area contributed by atoms with Gasteiger partial charge in [-0.2, -0.15) is 0 Å². The summed E-state index contributed by atoms with van der Waals surface area (Å²) >= 11 is 0. The first-order chi connectivity index (χ1) is 16.5. The average molecular weight is 456 g/mol. The fourth-order valence-corrected chi connectivity index (χ4v) is 3.64. The largest absolute Gasteiger partial charge is 0.379 e. The first kappa shape index (κ1) is 24.9. The Kier molecular flexibility index (Phi) is 9.14. The lowest BCUT2D eigenvalue weighted by Gasteiger charge is -2.16. The molecule has 176 valence electrons. The van der Waals surface area contributed by atoms with Gasteiger partial charge in [-0.05, 0) is 69.2 Å². The number of aliphatic imine (C=N–C) groups is 4. The molecule has 2 aromatic heterocycles. The third-order valence-corrected chi connectivity index (χ3v) is 5.19. The molecule has 3 heterocycles. The van der Waals surface area contributed by atoms with E-state index in [1.54, 1.807) is 13.3 Å². The summed E-state index contributed by atoms with van der Waals surface area (Å²) < 4.78 is 0. The van der Waals surface area contributed by atoms with E-state index in [0.29, 0.717) is 18.9 Å². The maximum Gasteiger partial charge on any atom is 0.175 e. The Hall–Kier alpha value is -3.74. The molecule has 1 aliphatic heterocycles. The van der Waals surface area contributed by atoms with E-state index in [0.717, 1.165) is 52.6 Å². The minimum Gasteiger partial charge on any atom is -0.379 e. The Bertz CT molecular complexity index is 1170. The van der Waals surface area contributed by atoms with Crippen molar-refractivity contribution in [2.24, 2.45) is 20.0 Å². The van der Waals surface area contributed by atoms with Crippen molar-refractivity contribution in [3.63, 3.8) is 0 Å². The van der Waals surface area contributed by atoms with Crippen LogP contribution in [0.3, 0.4) is 0 Å². The Labute approximate surface area is 202 Å². The SMILES string of the molecule is CCN=C(C)/C=C(\C)Cc1ccc(CN=C2N=CC=C(NCc3ccnc(C)c3)C2=NC)cn1. The predicted octanol–water partition coefficient (Wildman–Crippen LogP) is 4.48. The highest BCUT2D eigenvalue weighted by Gasteiger charge is 2.16. The van der Waals surface area contributed by atoms with Crippen molar-refractivity contribution < 1.29 is 0 Å². The van der Waals surface area contributed by atoms with Gasteiger partial charge in [0, 0.05) is 62.3 Å². The van der Waals surface area contributed by atoms with Gasteiger partial charge in [-0.15, -0.1) is 0 Å². The molecular formula is C27H33N7. The monoisotopic (exact) mass is 455 g/mol. The number of amidine groups is 1. The molecule has 0 aromatic carbocycles. The van der Waals surface area contributed by atoms with Gasteiger partial charge in [0.2, 0.25) is 0 Å². The molecule has 0 aliphatic carbocycles. The number of aromatic nitrogens is 2. The van der Waals surface area contributed by atoms with E-state index in [2.05, 4.69) is 61.5 Å². The van der Waals surface area contributed by atoms with Gasteiger partial charge in [0.15, 0.2) is 5.84 Å². The summed E-state index contributed by atoms with van der Waals surface area (Å²) in [6.45, 7) is 10.1. The van der Waals surface area contributed by atoms with Gasteiger partial charge in [-0.3, -0.25) is 24.9 Å².